The minimum Gasteiger partial charge on any atom is -0.405 e. The normalized spacial score (nSPS) is 17.8. The van der Waals surface area contributed by atoms with Crippen LogP contribution in [-0.2, 0) is 6.18 Å². The summed E-state index contributed by atoms with van der Waals surface area (Å²) in [4.78, 5) is 6.08. The van der Waals surface area contributed by atoms with E-state index in [0.717, 1.165) is 25.5 Å². The highest BCUT2D eigenvalue weighted by molar-refractivity contribution is 5.81. The molecule has 184 valence electrons. The molecule has 2 N–H and O–H groups in total. The van der Waals surface area contributed by atoms with Crippen LogP contribution >= 0.6 is 0 Å². The van der Waals surface area contributed by atoms with Crippen molar-refractivity contribution in [3.8, 4) is 17.0 Å². The van der Waals surface area contributed by atoms with E-state index in [2.05, 4.69) is 30.1 Å². The number of benzene rings is 1. The molecule has 1 atom stereocenters. The van der Waals surface area contributed by atoms with E-state index >= 15 is 0 Å². The highest BCUT2D eigenvalue weighted by Crippen LogP contribution is 2.40. The van der Waals surface area contributed by atoms with Gasteiger partial charge in [0.05, 0.1) is 23.9 Å². The van der Waals surface area contributed by atoms with Crippen LogP contribution in [-0.4, -0.2) is 68.2 Å². The highest BCUT2D eigenvalue weighted by atomic mass is 19.4. The first-order valence-corrected chi connectivity index (χ1v) is 10.3. The molecule has 0 aliphatic carbocycles. The maximum Gasteiger partial charge on any atom is 0.573 e. The van der Waals surface area contributed by atoms with Gasteiger partial charge in [-0.1, -0.05) is 0 Å². The van der Waals surface area contributed by atoms with E-state index in [4.69, 9.17) is 5.11 Å². The molecule has 3 aromatic rings. The fraction of sp³-hybridized carbons (Fsp3) is 0.450. The summed E-state index contributed by atoms with van der Waals surface area (Å²) < 4.78 is 83.4. The Balaban J connectivity index is 1.70. The minimum absolute atomic E-state index is 0.0266. The summed E-state index contributed by atoms with van der Waals surface area (Å²) in [5, 5.41) is 20.4. The fourth-order valence-corrected chi connectivity index (χ4v) is 3.93. The van der Waals surface area contributed by atoms with Crippen molar-refractivity contribution in [2.24, 2.45) is 0 Å². The summed E-state index contributed by atoms with van der Waals surface area (Å²) in [6.07, 6.45) is -5.67. The molecule has 0 saturated carbocycles. The number of β-amino-alcohol motifs (C(OH)–C–C–N with tert-alkyl or cyclic N) is 1. The number of aliphatic hydroxyl groups is 1. The summed E-state index contributed by atoms with van der Waals surface area (Å²) in [7, 11) is 0. The van der Waals surface area contributed by atoms with Crippen LogP contribution in [0.25, 0.3) is 16.8 Å². The molecule has 1 aliphatic heterocycles. The average molecular weight is 490 g/mol. The largest absolute Gasteiger partial charge is 0.573 e. The van der Waals surface area contributed by atoms with Gasteiger partial charge in [0.1, 0.15) is 17.8 Å². The van der Waals surface area contributed by atoms with Crippen molar-refractivity contribution in [2.45, 2.75) is 31.4 Å². The Morgan fingerprint density at radius 3 is 2.65 bits per heavy atom. The molecule has 8 nitrogen and oxygen atoms in total. The van der Waals surface area contributed by atoms with E-state index in [1.54, 1.807) is 0 Å². The van der Waals surface area contributed by atoms with Crippen molar-refractivity contribution in [1.82, 2.24) is 24.5 Å². The van der Waals surface area contributed by atoms with Crippen LogP contribution in [0, 0.1) is 0 Å². The standard InChI is InChI=1S/C20H20F6N6O2/c21-19(22,23)12-3-4-14(16(8-12)34-20(24,25)26)17-15-9-27-11-32(15)18(30-29-17)28-13-2-1-5-31(10-13)6-7-33/h3-4,8-9,11,13,33H,1-2,5-7,10H2,(H,28,30). The molecule has 4 rings (SSSR count). The number of fused-ring (bicyclic) bond motifs is 1. The van der Waals surface area contributed by atoms with Crippen LogP contribution in [0.2, 0.25) is 0 Å². The van der Waals surface area contributed by atoms with Gasteiger partial charge in [-0.15, -0.1) is 23.4 Å². The van der Waals surface area contributed by atoms with Crippen LogP contribution in [0.15, 0.2) is 30.7 Å². The number of hydrogen-bond acceptors (Lipinski definition) is 7. The molecule has 0 bridgehead atoms. The molecule has 0 spiro atoms. The number of nitrogens with zero attached hydrogens (tertiary/aromatic N) is 5. The zero-order valence-electron chi connectivity index (χ0n) is 17.6. The van der Waals surface area contributed by atoms with Gasteiger partial charge in [0.25, 0.3) is 0 Å². The monoisotopic (exact) mass is 490 g/mol. The van der Waals surface area contributed by atoms with Gasteiger partial charge in [-0.25, -0.2) is 4.98 Å². The zero-order valence-corrected chi connectivity index (χ0v) is 17.6. The van der Waals surface area contributed by atoms with E-state index in [1.807, 2.05) is 0 Å². The van der Waals surface area contributed by atoms with Crippen molar-refractivity contribution >= 4 is 11.5 Å². The smallest absolute Gasteiger partial charge is 0.405 e. The van der Waals surface area contributed by atoms with Crippen LogP contribution in [0.3, 0.4) is 0 Å². The SMILES string of the molecule is OCCN1CCCC(Nc2nnc(-c3ccc(C(F)(F)F)cc3OC(F)(F)F)c3cncn23)C1. The number of aromatic nitrogens is 4. The fourth-order valence-electron chi connectivity index (χ4n) is 3.93. The van der Waals surface area contributed by atoms with E-state index < -0.39 is 23.9 Å². The first-order chi connectivity index (χ1) is 16.0. The van der Waals surface area contributed by atoms with Crippen molar-refractivity contribution in [3.05, 3.63) is 36.3 Å². The summed E-state index contributed by atoms with van der Waals surface area (Å²) >= 11 is 0. The first-order valence-electron chi connectivity index (χ1n) is 10.3. The Morgan fingerprint density at radius 1 is 1.15 bits per heavy atom. The molecule has 2 aromatic heterocycles. The van der Waals surface area contributed by atoms with Gasteiger partial charge in [0.15, 0.2) is 0 Å². The maximum absolute atomic E-state index is 13.1. The lowest BCUT2D eigenvalue weighted by molar-refractivity contribution is -0.274. The zero-order chi connectivity index (χ0) is 24.5. The van der Waals surface area contributed by atoms with Crippen LogP contribution in [0.1, 0.15) is 18.4 Å². The molecular formula is C20H20F6N6O2. The third-order valence-electron chi connectivity index (χ3n) is 5.40. The molecule has 0 amide bonds. The summed E-state index contributed by atoms with van der Waals surface area (Å²) in [6.45, 7) is 2.05. The lowest BCUT2D eigenvalue weighted by Crippen LogP contribution is -2.43. The second-order valence-corrected chi connectivity index (χ2v) is 7.79. The van der Waals surface area contributed by atoms with Gasteiger partial charge in [-0.3, -0.25) is 9.30 Å². The third-order valence-corrected chi connectivity index (χ3v) is 5.40. The van der Waals surface area contributed by atoms with Gasteiger partial charge in [0.2, 0.25) is 5.95 Å². The number of anilines is 1. The summed E-state index contributed by atoms with van der Waals surface area (Å²) in [5.74, 6) is -0.773. The van der Waals surface area contributed by atoms with Crippen molar-refractivity contribution < 1.29 is 36.2 Å². The topological polar surface area (TPSA) is 87.8 Å². The number of rotatable bonds is 6. The number of piperidine rings is 1. The number of hydrogen-bond donors (Lipinski definition) is 2. The van der Waals surface area contributed by atoms with Crippen molar-refractivity contribution in [1.29, 1.82) is 0 Å². The molecule has 1 fully saturated rings. The van der Waals surface area contributed by atoms with E-state index in [9.17, 15) is 26.3 Å². The second-order valence-electron chi connectivity index (χ2n) is 7.79. The Morgan fingerprint density at radius 2 is 1.94 bits per heavy atom. The van der Waals surface area contributed by atoms with Crippen molar-refractivity contribution in [3.63, 3.8) is 0 Å². The lowest BCUT2D eigenvalue weighted by atomic mass is 10.1. The molecule has 34 heavy (non-hydrogen) atoms. The highest BCUT2D eigenvalue weighted by Gasteiger charge is 2.36. The molecule has 3 heterocycles. The second kappa shape index (κ2) is 9.25. The maximum atomic E-state index is 13.1. The van der Waals surface area contributed by atoms with Gasteiger partial charge in [-0.2, -0.15) is 13.2 Å². The molecule has 1 saturated heterocycles. The molecule has 1 aromatic carbocycles. The number of halogens is 6. The van der Waals surface area contributed by atoms with Crippen LogP contribution in [0.4, 0.5) is 32.3 Å². The third kappa shape index (κ3) is 5.33. The van der Waals surface area contributed by atoms with Gasteiger partial charge >= 0.3 is 12.5 Å². The van der Waals surface area contributed by atoms with Crippen molar-refractivity contribution in [2.75, 3.05) is 31.6 Å². The van der Waals surface area contributed by atoms with Gasteiger partial charge in [0, 0.05) is 24.7 Å². The Bertz CT molecular complexity index is 1150. The minimum atomic E-state index is -5.22. The van der Waals surface area contributed by atoms with E-state index in [-0.39, 0.29) is 41.4 Å². The molecule has 1 aliphatic rings. The lowest BCUT2D eigenvalue weighted by Gasteiger charge is -2.32. The Hall–Kier alpha value is -3.13. The number of ether oxygens (including phenoxy) is 1. The number of alkyl halides is 6. The quantitative estimate of drug-likeness (QED) is 0.511. The van der Waals surface area contributed by atoms with Gasteiger partial charge < -0.3 is 15.2 Å². The van der Waals surface area contributed by atoms with E-state index in [1.165, 1.54) is 16.9 Å². The van der Waals surface area contributed by atoms with Crippen LogP contribution < -0.4 is 10.1 Å². The molecule has 14 heteroatoms. The van der Waals surface area contributed by atoms with E-state index in [0.29, 0.717) is 19.2 Å². The Labute approximate surface area is 189 Å². The summed E-state index contributed by atoms with van der Waals surface area (Å²) in [5.41, 5.74) is -1.51. The van der Waals surface area contributed by atoms with Crippen LogP contribution in [0.5, 0.6) is 5.75 Å². The predicted octanol–water partition coefficient (Wildman–Crippen LogP) is 3.58. The number of nitrogens with one attached hydrogen (secondary N) is 1. The number of imidazole rings is 1. The average Bonchev–Trinajstić information content (AvgIpc) is 3.23. The molecular weight excluding hydrogens is 470 g/mol. The summed E-state index contributed by atoms with van der Waals surface area (Å²) in [6, 6.07) is 1.77. The molecule has 1 unspecified atom stereocenters. The number of aliphatic hydroxyl groups excluding tert-OH is 1. The predicted molar refractivity (Wildman–Crippen MR) is 108 cm³/mol. The molecule has 0 radical (unpaired) electrons. The first kappa shape index (κ1) is 24.0. The Kier molecular flexibility index (Phi) is 6.53. The van der Waals surface area contributed by atoms with Gasteiger partial charge in [-0.05, 0) is 37.6 Å². The number of likely N-dealkylation sites (tertiary alicyclic amines) is 1.